The van der Waals surface area contributed by atoms with Crippen molar-refractivity contribution >= 4 is 17.5 Å². The van der Waals surface area contributed by atoms with E-state index >= 15 is 0 Å². The minimum Gasteiger partial charge on any atom is -0.497 e. The van der Waals surface area contributed by atoms with Crippen LogP contribution in [0.15, 0.2) is 18.2 Å². The van der Waals surface area contributed by atoms with Gasteiger partial charge in [0.15, 0.2) is 0 Å². The van der Waals surface area contributed by atoms with Crippen LogP contribution in [0.5, 0.6) is 11.5 Å². The Morgan fingerprint density at radius 3 is 2.70 bits per heavy atom. The van der Waals surface area contributed by atoms with Crippen molar-refractivity contribution in [2.24, 2.45) is 11.8 Å². The molecule has 6 heteroatoms. The number of anilines is 1. The summed E-state index contributed by atoms with van der Waals surface area (Å²) in [7, 11) is 3.12. The number of hydrogen-bond acceptors (Lipinski definition) is 4. The Morgan fingerprint density at radius 1 is 1.35 bits per heavy atom. The fourth-order valence-corrected chi connectivity index (χ4v) is 2.57. The molecular formula is C17H24N2O4. The zero-order chi connectivity index (χ0) is 17.0. The van der Waals surface area contributed by atoms with Crippen molar-refractivity contribution in [3.8, 4) is 11.5 Å². The number of carbonyl (C=O) groups is 2. The molecule has 1 atom stereocenters. The topological polar surface area (TPSA) is 67.9 Å². The van der Waals surface area contributed by atoms with E-state index in [-0.39, 0.29) is 24.2 Å². The van der Waals surface area contributed by atoms with Crippen LogP contribution < -0.4 is 19.7 Å². The van der Waals surface area contributed by atoms with Gasteiger partial charge in [-0.3, -0.25) is 9.59 Å². The van der Waals surface area contributed by atoms with Crippen LogP contribution in [0.1, 0.15) is 20.3 Å². The third kappa shape index (κ3) is 3.94. The van der Waals surface area contributed by atoms with Gasteiger partial charge in [0.25, 0.3) is 0 Å². The van der Waals surface area contributed by atoms with E-state index in [1.54, 1.807) is 37.3 Å². The molecule has 0 bridgehead atoms. The third-order valence-electron chi connectivity index (χ3n) is 3.86. The van der Waals surface area contributed by atoms with Crippen molar-refractivity contribution in [3.63, 3.8) is 0 Å². The number of nitrogens with one attached hydrogen (secondary N) is 1. The minimum absolute atomic E-state index is 0.0728. The van der Waals surface area contributed by atoms with E-state index in [0.29, 0.717) is 36.2 Å². The van der Waals surface area contributed by atoms with Gasteiger partial charge in [-0.25, -0.2) is 0 Å². The molecule has 6 nitrogen and oxygen atoms in total. The van der Waals surface area contributed by atoms with Crippen LogP contribution in [-0.4, -0.2) is 39.1 Å². The van der Waals surface area contributed by atoms with Crippen LogP contribution in [0.3, 0.4) is 0 Å². The second-order valence-electron chi connectivity index (χ2n) is 6.08. The highest BCUT2D eigenvalue weighted by Crippen LogP contribution is 2.36. The molecule has 1 aromatic carbocycles. The summed E-state index contributed by atoms with van der Waals surface area (Å²) in [6.07, 6.45) is 0.213. The van der Waals surface area contributed by atoms with Gasteiger partial charge in [-0.15, -0.1) is 0 Å². The van der Waals surface area contributed by atoms with Gasteiger partial charge >= 0.3 is 0 Å². The molecule has 126 valence electrons. The van der Waals surface area contributed by atoms with Gasteiger partial charge in [0.1, 0.15) is 11.5 Å². The van der Waals surface area contributed by atoms with Crippen molar-refractivity contribution in [2.45, 2.75) is 20.3 Å². The predicted octanol–water partition coefficient (Wildman–Crippen LogP) is 1.83. The number of hydrogen-bond donors (Lipinski definition) is 1. The van der Waals surface area contributed by atoms with E-state index in [9.17, 15) is 9.59 Å². The number of rotatable bonds is 6. The lowest BCUT2D eigenvalue weighted by Gasteiger charge is -2.20. The lowest BCUT2D eigenvalue weighted by molar-refractivity contribution is -0.126. The second-order valence-corrected chi connectivity index (χ2v) is 6.08. The minimum atomic E-state index is -0.336. The molecule has 0 saturated carbocycles. The maximum Gasteiger partial charge on any atom is 0.227 e. The van der Waals surface area contributed by atoms with Crippen molar-refractivity contribution < 1.29 is 19.1 Å². The number of benzene rings is 1. The zero-order valence-corrected chi connectivity index (χ0v) is 14.1. The molecular weight excluding hydrogens is 296 g/mol. The summed E-state index contributed by atoms with van der Waals surface area (Å²) >= 11 is 0. The van der Waals surface area contributed by atoms with Gasteiger partial charge in [-0.05, 0) is 18.1 Å². The zero-order valence-electron chi connectivity index (χ0n) is 14.1. The van der Waals surface area contributed by atoms with E-state index in [0.717, 1.165) is 0 Å². The maximum absolute atomic E-state index is 12.3. The van der Waals surface area contributed by atoms with E-state index in [1.807, 2.05) is 13.8 Å². The van der Waals surface area contributed by atoms with Crippen molar-refractivity contribution in [2.75, 3.05) is 32.2 Å². The first kappa shape index (κ1) is 17.1. The number of carbonyl (C=O) groups excluding carboxylic acids is 2. The van der Waals surface area contributed by atoms with Crippen LogP contribution >= 0.6 is 0 Å². The first-order valence-corrected chi connectivity index (χ1v) is 7.76. The summed E-state index contributed by atoms with van der Waals surface area (Å²) in [6.45, 7) is 5.04. The molecule has 1 aliphatic rings. The van der Waals surface area contributed by atoms with Gasteiger partial charge in [-0.2, -0.15) is 0 Å². The number of methoxy groups -OCH3 is 2. The van der Waals surface area contributed by atoms with Crippen molar-refractivity contribution in [3.05, 3.63) is 18.2 Å². The number of ether oxygens (including phenoxy) is 2. The standard InChI is InChI=1S/C17H24N2O4/c1-11(2)9-18-17(21)12-7-16(20)19(10-12)14-8-13(22-3)5-6-15(14)23-4/h5-6,8,11-12H,7,9-10H2,1-4H3,(H,18,21). The van der Waals surface area contributed by atoms with E-state index in [1.165, 1.54) is 0 Å². The fourth-order valence-electron chi connectivity index (χ4n) is 2.57. The summed E-state index contributed by atoms with van der Waals surface area (Å²) in [6, 6.07) is 5.29. The molecule has 1 aliphatic heterocycles. The Balaban J connectivity index is 2.15. The van der Waals surface area contributed by atoms with Gasteiger partial charge in [-0.1, -0.05) is 13.8 Å². The number of amides is 2. The smallest absolute Gasteiger partial charge is 0.227 e. The quantitative estimate of drug-likeness (QED) is 0.868. The van der Waals surface area contributed by atoms with Gasteiger partial charge < -0.3 is 19.7 Å². The molecule has 0 spiro atoms. The van der Waals surface area contributed by atoms with Crippen molar-refractivity contribution in [1.82, 2.24) is 5.32 Å². The highest BCUT2D eigenvalue weighted by molar-refractivity contribution is 6.01. The number of nitrogens with zero attached hydrogens (tertiary/aromatic N) is 1. The summed E-state index contributed by atoms with van der Waals surface area (Å²) in [5, 5.41) is 2.89. The van der Waals surface area contributed by atoms with E-state index in [2.05, 4.69) is 5.32 Å². The summed E-state index contributed by atoms with van der Waals surface area (Å²) in [5.74, 6) is 1.11. The summed E-state index contributed by atoms with van der Waals surface area (Å²) in [4.78, 5) is 26.1. The Morgan fingerprint density at radius 2 is 2.09 bits per heavy atom. The molecule has 0 aliphatic carbocycles. The maximum atomic E-state index is 12.3. The first-order chi connectivity index (χ1) is 11.0. The Bertz CT molecular complexity index is 586. The van der Waals surface area contributed by atoms with Crippen LogP contribution in [0.4, 0.5) is 5.69 Å². The molecule has 2 amide bonds. The van der Waals surface area contributed by atoms with Crippen LogP contribution in [0.25, 0.3) is 0 Å². The highest BCUT2D eigenvalue weighted by Gasteiger charge is 2.36. The van der Waals surface area contributed by atoms with Crippen LogP contribution in [0.2, 0.25) is 0 Å². The molecule has 1 unspecified atom stereocenters. The van der Waals surface area contributed by atoms with Crippen molar-refractivity contribution in [1.29, 1.82) is 0 Å². The Kier molecular flexibility index (Phi) is 5.47. The Labute approximate surface area is 136 Å². The average molecular weight is 320 g/mol. The Hall–Kier alpha value is -2.24. The first-order valence-electron chi connectivity index (χ1n) is 7.76. The molecule has 2 rings (SSSR count). The molecule has 1 heterocycles. The lowest BCUT2D eigenvalue weighted by atomic mass is 10.1. The van der Waals surface area contributed by atoms with E-state index in [4.69, 9.17) is 9.47 Å². The fraction of sp³-hybridized carbons (Fsp3) is 0.529. The third-order valence-corrected chi connectivity index (χ3v) is 3.86. The average Bonchev–Trinajstić information content (AvgIpc) is 2.93. The summed E-state index contributed by atoms with van der Waals surface area (Å²) < 4.78 is 10.5. The molecule has 0 radical (unpaired) electrons. The normalized spacial score (nSPS) is 17.5. The SMILES string of the molecule is COc1ccc(OC)c(N2CC(C(=O)NCC(C)C)CC2=O)c1. The molecule has 1 fully saturated rings. The highest BCUT2D eigenvalue weighted by atomic mass is 16.5. The molecule has 0 aromatic heterocycles. The van der Waals surface area contributed by atoms with Gasteiger partial charge in [0, 0.05) is 25.6 Å². The van der Waals surface area contributed by atoms with Crippen LogP contribution in [0, 0.1) is 11.8 Å². The van der Waals surface area contributed by atoms with Crippen LogP contribution in [-0.2, 0) is 9.59 Å². The molecule has 1 N–H and O–H groups in total. The second kappa shape index (κ2) is 7.35. The monoisotopic (exact) mass is 320 g/mol. The van der Waals surface area contributed by atoms with Gasteiger partial charge in [0.05, 0.1) is 25.8 Å². The lowest BCUT2D eigenvalue weighted by Crippen LogP contribution is -2.35. The van der Waals surface area contributed by atoms with E-state index < -0.39 is 0 Å². The molecule has 23 heavy (non-hydrogen) atoms. The summed E-state index contributed by atoms with van der Waals surface area (Å²) in [5.41, 5.74) is 0.635. The predicted molar refractivity (Wildman–Crippen MR) is 87.9 cm³/mol. The molecule has 1 aromatic rings. The largest absolute Gasteiger partial charge is 0.497 e. The van der Waals surface area contributed by atoms with Gasteiger partial charge in [0.2, 0.25) is 11.8 Å². The molecule has 1 saturated heterocycles.